The molecule has 0 spiro atoms. The molecule has 0 fully saturated rings. The first-order valence-electron chi connectivity index (χ1n) is 8.81. The fourth-order valence-electron chi connectivity index (χ4n) is 2.75. The van der Waals surface area contributed by atoms with Gasteiger partial charge in [-0.25, -0.2) is 9.97 Å². The van der Waals surface area contributed by atoms with Gasteiger partial charge < -0.3 is 10.3 Å². The number of rotatable bonds is 6. The average molecular weight is 369 g/mol. The highest BCUT2D eigenvalue weighted by molar-refractivity contribution is 7.13. The van der Waals surface area contributed by atoms with Crippen LogP contribution < -0.4 is 5.32 Å². The Morgan fingerprint density at radius 3 is 2.65 bits per heavy atom. The molecule has 1 atom stereocenters. The molecular formula is C20H24N4OS. The molecule has 0 saturated carbocycles. The molecule has 2 heterocycles. The van der Waals surface area contributed by atoms with Gasteiger partial charge in [0.25, 0.3) is 5.91 Å². The summed E-state index contributed by atoms with van der Waals surface area (Å²) in [6, 6.07) is 9.80. The molecule has 6 heteroatoms. The number of carbonyl (C=O) groups is 1. The van der Waals surface area contributed by atoms with E-state index in [9.17, 15) is 4.79 Å². The topological polar surface area (TPSA) is 70.7 Å². The van der Waals surface area contributed by atoms with E-state index in [-0.39, 0.29) is 11.9 Å². The second-order valence-corrected chi connectivity index (χ2v) is 7.95. The van der Waals surface area contributed by atoms with Crippen LogP contribution >= 0.6 is 11.3 Å². The summed E-state index contributed by atoms with van der Waals surface area (Å²) in [5.41, 5.74) is 2.80. The van der Waals surface area contributed by atoms with Gasteiger partial charge in [0.1, 0.15) is 10.7 Å². The standard InChI is InChI=1S/C20H24N4OS/c1-12(2)10-17-22-13(3)18(26-17)20(25)23-14(4)19-21-11-16(24-19)15-8-6-5-7-9-15/h5-9,11-12,14H,10H2,1-4H3,(H,21,24)(H,23,25). The van der Waals surface area contributed by atoms with Crippen LogP contribution in [0.25, 0.3) is 11.3 Å². The van der Waals surface area contributed by atoms with E-state index in [1.54, 1.807) is 6.20 Å². The molecule has 5 nitrogen and oxygen atoms in total. The van der Waals surface area contributed by atoms with Gasteiger partial charge in [0.05, 0.1) is 28.6 Å². The molecule has 0 saturated heterocycles. The first kappa shape index (κ1) is 18.3. The molecular weight excluding hydrogens is 344 g/mol. The molecule has 0 bridgehead atoms. The van der Waals surface area contributed by atoms with Crippen molar-refractivity contribution in [1.29, 1.82) is 0 Å². The number of benzene rings is 1. The number of aromatic amines is 1. The predicted molar refractivity (Wildman–Crippen MR) is 105 cm³/mol. The Kier molecular flexibility index (Phi) is 5.52. The van der Waals surface area contributed by atoms with Crippen molar-refractivity contribution in [2.45, 2.75) is 40.2 Å². The van der Waals surface area contributed by atoms with Gasteiger partial charge in [-0.1, -0.05) is 44.2 Å². The molecule has 1 aromatic carbocycles. The number of hydrogen-bond acceptors (Lipinski definition) is 4. The third-order valence-electron chi connectivity index (χ3n) is 4.07. The molecule has 3 rings (SSSR count). The van der Waals surface area contributed by atoms with Crippen molar-refractivity contribution < 1.29 is 4.79 Å². The third-order valence-corrected chi connectivity index (χ3v) is 5.25. The van der Waals surface area contributed by atoms with Crippen molar-refractivity contribution >= 4 is 17.2 Å². The van der Waals surface area contributed by atoms with E-state index in [0.29, 0.717) is 10.8 Å². The van der Waals surface area contributed by atoms with E-state index in [1.165, 1.54) is 11.3 Å². The smallest absolute Gasteiger partial charge is 0.263 e. The van der Waals surface area contributed by atoms with Crippen LogP contribution in [-0.4, -0.2) is 20.9 Å². The van der Waals surface area contributed by atoms with Crippen LogP contribution in [0.3, 0.4) is 0 Å². The summed E-state index contributed by atoms with van der Waals surface area (Å²) in [7, 11) is 0. The lowest BCUT2D eigenvalue weighted by molar-refractivity contribution is 0.0941. The van der Waals surface area contributed by atoms with Gasteiger partial charge in [-0.05, 0) is 25.3 Å². The molecule has 1 unspecified atom stereocenters. The van der Waals surface area contributed by atoms with Gasteiger partial charge in [0, 0.05) is 6.42 Å². The number of carbonyl (C=O) groups excluding carboxylic acids is 1. The lowest BCUT2D eigenvalue weighted by atomic mass is 10.1. The average Bonchev–Trinajstić information content (AvgIpc) is 3.22. The van der Waals surface area contributed by atoms with Crippen LogP contribution in [0.1, 0.15) is 53.0 Å². The van der Waals surface area contributed by atoms with Gasteiger partial charge in [-0.2, -0.15) is 0 Å². The largest absolute Gasteiger partial charge is 0.342 e. The zero-order chi connectivity index (χ0) is 18.7. The molecule has 136 valence electrons. The van der Waals surface area contributed by atoms with Gasteiger partial charge in [-0.15, -0.1) is 11.3 Å². The third kappa shape index (κ3) is 4.19. The second-order valence-electron chi connectivity index (χ2n) is 6.86. The summed E-state index contributed by atoms with van der Waals surface area (Å²) in [4.78, 5) is 25.6. The van der Waals surface area contributed by atoms with E-state index >= 15 is 0 Å². The van der Waals surface area contributed by atoms with E-state index in [1.807, 2.05) is 44.2 Å². The number of aromatic nitrogens is 3. The summed E-state index contributed by atoms with van der Waals surface area (Å²) in [6.45, 7) is 8.12. The molecule has 0 radical (unpaired) electrons. The molecule has 3 aromatic rings. The summed E-state index contributed by atoms with van der Waals surface area (Å²) in [6.07, 6.45) is 2.69. The number of thiazole rings is 1. The number of imidazole rings is 1. The summed E-state index contributed by atoms with van der Waals surface area (Å²) in [5.74, 6) is 1.16. The first-order valence-corrected chi connectivity index (χ1v) is 9.63. The Hall–Kier alpha value is -2.47. The number of nitrogens with zero attached hydrogens (tertiary/aromatic N) is 2. The maximum Gasteiger partial charge on any atom is 0.263 e. The van der Waals surface area contributed by atoms with Crippen LogP contribution in [0.5, 0.6) is 0 Å². The molecule has 1 amide bonds. The first-order chi connectivity index (χ1) is 12.4. The van der Waals surface area contributed by atoms with E-state index in [2.05, 4.69) is 34.1 Å². The minimum atomic E-state index is -0.213. The molecule has 0 aliphatic rings. The van der Waals surface area contributed by atoms with Gasteiger partial charge in [0.2, 0.25) is 0 Å². The lowest BCUT2D eigenvalue weighted by Crippen LogP contribution is -2.27. The Morgan fingerprint density at radius 2 is 1.96 bits per heavy atom. The van der Waals surface area contributed by atoms with E-state index < -0.39 is 0 Å². The highest BCUT2D eigenvalue weighted by atomic mass is 32.1. The highest BCUT2D eigenvalue weighted by Gasteiger charge is 2.19. The minimum Gasteiger partial charge on any atom is -0.342 e. The van der Waals surface area contributed by atoms with Gasteiger partial charge >= 0.3 is 0 Å². The second kappa shape index (κ2) is 7.83. The molecule has 26 heavy (non-hydrogen) atoms. The lowest BCUT2D eigenvalue weighted by Gasteiger charge is -2.11. The normalized spacial score (nSPS) is 12.3. The molecule has 0 aliphatic heterocycles. The van der Waals surface area contributed by atoms with Crippen LogP contribution in [0.4, 0.5) is 0 Å². The Bertz CT molecular complexity index is 882. The number of hydrogen-bond donors (Lipinski definition) is 2. The highest BCUT2D eigenvalue weighted by Crippen LogP contribution is 2.23. The van der Waals surface area contributed by atoms with Gasteiger partial charge in [0.15, 0.2) is 0 Å². The van der Waals surface area contributed by atoms with Crippen LogP contribution in [0.15, 0.2) is 36.5 Å². The number of aryl methyl sites for hydroxylation is 1. The monoisotopic (exact) mass is 368 g/mol. The zero-order valence-corrected chi connectivity index (χ0v) is 16.4. The van der Waals surface area contributed by atoms with Gasteiger partial charge in [-0.3, -0.25) is 4.79 Å². The summed E-state index contributed by atoms with van der Waals surface area (Å²) < 4.78 is 0. The maximum atomic E-state index is 12.6. The van der Waals surface area contributed by atoms with E-state index in [4.69, 9.17) is 0 Å². The van der Waals surface area contributed by atoms with Crippen molar-refractivity contribution in [3.05, 3.63) is 57.9 Å². The number of amides is 1. The summed E-state index contributed by atoms with van der Waals surface area (Å²) >= 11 is 1.48. The van der Waals surface area contributed by atoms with Crippen molar-refractivity contribution in [2.24, 2.45) is 5.92 Å². The SMILES string of the molecule is Cc1nc(CC(C)C)sc1C(=O)NC(C)c1ncc(-c2ccccc2)[nH]1. The molecule has 2 aromatic heterocycles. The predicted octanol–water partition coefficient (Wildman–Crippen LogP) is 4.53. The van der Waals surface area contributed by atoms with Crippen LogP contribution in [-0.2, 0) is 6.42 Å². The van der Waals surface area contributed by atoms with Crippen molar-refractivity contribution in [3.8, 4) is 11.3 Å². The quantitative estimate of drug-likeness (QED) is 0.671. The van der Waals surface area contributed by atoms with Crippen molar-refractivity contribution in [3.63, 3.8) is 0 Å². The van der Waals surface area contributed by atoms with Crippen molar-refractivity contribution in [2.75, 3.05) is 0 Å². The Labute approximate surface area is 157 Å². The Balaban J connectivity index is 1.70. The van der Waals surface area contributed by atoms with Crippen LogP contribution in [0, 0.1) is 12.8 Å². The summed E-state index contributed by atoms with van der Waals surface area (Å²) in [5, 5.41) is 4.04. The van der Waals surface area contributed by atoms with E-state index in [0.717, 1.165) is 34.2 Å². The zero-order valence-electron chi connectivity index (χ0n) is 15.5. The molecule has 0 aliphatic carbocycles. The molecule has 2 N–H and O–H groups in total. The minimum absolute atomic E-state index is 0.0971. The Morgan fingerprint density at radius 1 is 1.23 bits per heavy atom. The van der Waals surface area contributed by atoms with Crippen molar-refractivity contribution in [1.82, 2.24) is 20.3 Å². The fourth-order valence-corrected chi connectivity index (χ4v) is 3.93. The maximum absolute atomic E-state index is 12.6. The number of nitrogens with one attached hydrogen (secondary N) is 2. The van der Waals surface area contributed by atoms with Crippen LogP contribution in [0.2, 0.25) is 0 Å². The fraction of sp³-hybridized carbons (Fsp3) is 0.350. The number of H-pyrrole nitrogens is 1.